The van der Waals surface area contributed by atoms with Crippen LogP contribution in [0.15, 0.2) is 66.2 Å². The summed E-state index contributed by atoms with van der Waals surface area (Å²) >= 11 is 1.73. The monoisotopic (exact) mass is 418 g/mol. The molecule has 0 radical (unpaired) electrons. The molecule has 30 heavy (non-hydrogen) atoms. The van der Waals surface area contributed by atoms with Crippen molar-refractivity contribution in [3.05, 3.63) is 82.4 Å². The summed E-state index contributed by atoms with van der Waals surface area (Å²) in [6.07, 6.45) is 2.07. The highest BCUT2D eigenvalue weighted by Crippen LogP contribution is 2.27. The van der Waals surface area contributed by atoms with Crippen LogP contribution in [0.5, 0.6) is 11.5 Å². The van der Waals surface area contributed by atoms with Gasteiger partial charge in [-0.05, 0) is 36.4 Å². The van der Waals surface area contributed by atoms with Crippen LogP contribution in [0.3, 0.4) is 0 Å². The summed E-state index contributed by atoms with van der Waals surface area (Å²) in [7, 11) is 1.95. The van der Waals surface area contributed by atoms with Crippen LogP contribution in [0.1, 0.15) is 36.0 Å². The van der Waals surface area contributed by atoms with Crippen molar-refractivity contribution < 1.29 is 4.74 Å². The average molecular weight is 419 g/mol. The third-order valence-electron chi connectivity index (χ3n) is 4.70. The Morgan fingerprint density at radius 1 is 1.00 bits per heavy atom. The molecule has 0 saturated heterocycles. The maximum atomic E-state index is 5.89. The van der Waals surface area contributed by atoms with E-state index in [1.807, 2.05) is 54.2 Å². The van der Waals surface area contributed by atoms with Gasteiger partial charge in [0.05, 0.1) is 16.4 Å². The lowest BCUT2D eigenvalue weighted by atomic mass is 10.1. The van der Waals surface area contributed by atoms with Crippen molar-refractivity contribution in [2.24, 2.45) is 7.05 Å². The molecule has 0 unspecified atom stereocenters. The number of benzene rings is 2. The summed E-state index contributed by atoms with van der Waals surface area (Å²) in [6.45, 7) is 5.84. The molecule has 2 aromatic carbocycles. The summed E-state index contributed by atoms with van der Waals surface area (Å²) in [5.41, 5.74) is 4.31. The largest absolute Gasteiger partial charge is 0.457 e. The molecule has 0 aliphatic rings. The van der Waals surface area contributed by atoms with Gasteiger partial charge >= 0.3 is 0 Å². The Hall–Kier alpha value is -2.96. The number of para-hydroxylation sites is 1. The SMILES string of the molecule is CC(C)c1nc(CNCc2cn(C)nc2-c2ccc(Oc3ccccc3)cc2)cs1. The van der Waals surface area contributed by atoms with Gasteiger partial charge in [-0.2, -0.15) is 5.10 Å². The van der Waals surface area contributed by atoms with Gasteiger partial charge in [-0.3, -0.25) is 4.68 Å². The van der Waals surface area contributed by atoms with Gasteiger partial charge < -0.3 is 10.1 Å². The second-order valence-electron chi connectivity index (χ2n) is 7.55. The molecule has 0 aliphatic heterocycles. The maximum absolute atomic E-state index is 5.89. The lowest BCUT2D eigenvalue weighted by molar-refractivity contribution is 0.483. The van der Waals surface area contributed by atoms with Gasteiger partial charge in [0.2, 0.25) is 0 Å². The van der Waals surface area contributed by atoms with Crippen LogP contribution >= 0.6 is 11.3 Å². The first-order chi connectivity index (χ1) is 14.6. The van der Waals surface area contributed by atoms with E-state index >= 15 is 0 Å². The molecular weight excluding hydrogens is 392 g/mol. The van der Waals surface area contributed by atoms with Gasteiger partial charge in [0.1, 0.15) is 11.5 Å². The van der Waals surface area contributed by atoms with Crippen molar-refractivity contribution in [3.63, 3.8) is 0 Å². The molecule has 1 N–H and O–H groups in total. The highest BCUT2D eigenvalue weighted by Gasteiger charge is 2.11. The Morgan fingerprint density at radius 3 is 2.43 bits per heavy atom. The molecule has 2 heterocycles. The third kappa shape index (κ3) is 4.96. The first-order valence-electron chi connectivity index (χ1n) is 10.1. The van der Waals surface area contributed by atoms with Crippen molar-refractivity contribution in [1.29, 1.82) is 0 Å². The Kier molecular flexibility index (Phi) is 6.26. The minimum atomic E-state index is 0.475. The summed E-state index contributed by atoms with van der Waals surface area (Å²) in [4.78, 5) is 4.69. The first kappa shape index (κ1) is 20.3. The van der Waals surface area contributed by atoms with Crippen LogP contribution < -0.4 is 10.1 Å². The van der Waals surface area contributed by atoms with Gasteiger partial charge in [-0.15, -0.1) is 11.3 Å². The molecule has 0 atom stereocenters. The molecule has 5 nitrogen and oxygen atoms in total. The zero-order chi connectivity index (χ0) is 20.9. The second-order valence-corrected chi connectivity index (χ2v) is 8.44. The standard InChI is InChI=1S/C24H26N4OS/c1-17(2)24-26-20(16-30-24)14-25-13-19-15-28(3)27-23(19)18-9-11-22(12-10-18)29-21-7-5-4-6-8-21/h4-12,15-17,25H,13-14H2,1-3H3. The normalized spacial score (nSPS) is 11.2. The highest BCUT2D eigenvalue weighted by atomic mass is 32.1. The minimum absolute atomic E-state index is 0.475. The van der Waals surface area contributed by atoms with Gasteiger partial charge in [0.15, 0.2) is 0 Å². The lowest BCUT2D eigenvalue weighted by Gasteiger charge is -2.07. The molecule has 0 bridgehead atoms. The molecule has 0 fully saturated rings. The zero-order valence-electron chi connectivity index (χ0n) is 17.5. The zero-order valence-corrected chi connectivity index (χ0v) is 18.3. The maximum Gasteiger partial charge on any atom is 0.127 e. The van der Waals surface area contributed by atoms with E-state index in [0.29, 0.717) is 5.92 Å². The van der Waals surface area contributed by atoms with Gasteiger partial charge in [0.25, 0.3) is 0 Å². The summed E-state index contributed by atoms with van der Waals surface area (Å²) in [5, 5.41) is 11.5. The lowest BCUT2D eigenvalue weighted by Crippen LogP contribution is -2.13. The molecule has 0 amide bonds. The fraction of sp³-hybridized carbons (Fsp3) is 0.250. The predicted octanol–water partition coefficient (Wildman–Crippen LogP) is 5.75. The van der Waals surface area contributed by atoms with Crippen LogP contribution in [-0.2, 0) is 20.1 Å². The van der Waals surface area contributed by atoms with Crippen LogP contribution in [0.25, 0.3) is 11.3 Å². The highest BCUT2D eigenvalue weighted by molar-refractivity contribution is 7.09. The minimum Gasteiger partial charge on any atom is -0.457 e. The van der Waals surface area contributed by atoms with Crippen LogP contribution in [0.4, 0.5) is 0 Å². The van der Waals surface area contributed by atoms with E-state index < -0.39 is 0 Å². The van der Waals surface area contributed by atoms with E-state index in [1.54, 1.807) is 11.3 Å². The van der Waals surface area contributed by atoms with Crippen molar-refractivity contribution in [2.75, 3.05) is 0 Å². The molecule has 154 valence electrons. The van der Waals surface area contributed by atoms with Crippen LogP contribution in [0, 0.1) is 0 Å². The number of nitrogens with one attached hydrogen (secondary N) is 1. The topological polar surface area (TPSA) is 52.0 Å². The number of thiazole rings is 1. The van der Waals surface area contributed by atoms with Crippen molar-refractivity contribution in [1.82, 2.24) is 20.1 Å². The fourth-order valence-electron chi connectivity index (χ4n) is 3.21. The van der Waals surface area contributed by atoms with Crippen molar-refractivity contribution in [2.45, 2.75) is 32.9 Å². The smallest absolute Gasteiger partial charge is 0.127 e. The van der Waals surface area contributed by atoms with Crippen molar-refractivity contribution >= 4 is 11.3 Å². The quantitative estimate of drug-likeness (QED) is 0.396. The van der Waals surface area contributed by atoms with Gasteiger partial charge in [0, 0.05) is 48.8 Å². The molecule has 2 aromatic heterocycles. The second kappa shape index (κ2) is 9.24. The molecule has 0 saturated carbocycles. The van der Waals surface area contributed by atoms with Gasteiger partial charge in [-0.1, -0.05) is 32.0 Å². The summed E-state index contributed by atoms with van der Waals surface area (Å²) < 4.78 is 7.75. The van der Waals surface area contributed by atoms with E-state index in [-0.39, 0.29) is 0 Å². The van der Waals surface area contributed by atoms with E-state index in [2.05, 4.69) is 48.0 Å². The summed E-state index contributed by atoms with van der Waals surface area (Å²) in [6, 6.07) is 17.9. The number of aryl methyl sites for hydroxylation is 1. The number of hydrogen-bond donors (Lipinski definition) is 1. The van der Waals surface area contributed by atoms with Gasteiger partial charge in [-0.25, -0.2) is 4.98 Å². The molecule has 4 rings (SSSR count). The average Bonchev–Trinajstić information content (AvgIpc) is 3.36. The molecular formula is C24H26N4OS. The van der Waals surface area contributed by atoms with E-state index in [9.17, 15) is 0 Å². The van der Waals surface area contributed by atoms with Crippen LogP contribution in [-0.4, -0.2) is 14.8 Å². The third-order valence-corrected chi connectivity index (χ3v) is 5.89. The van der Waals surface area contributed by atoms with E-state index in [1.165, 1.54) is 5.01 Å². The first-order valence-corrected chi connectivity index (χ1v) is 11.0. The Bertz CT molecular complexity index is 1080. The Balaban J connectivity index is 1.42. The number of hydrogen-bond acceptors (Lipinski definition) is 5. The van der Waals surface area contributed by atoms with Crippen LogP contribution in [0.2, 0.25) is 0 Å². The molecule has 6 heteroatoms. The molecule has 4 aromatic rings. The molecule has 0 aliphatic carbocycles. The van der Waals surface area contributed by atoms with Crippen molar-refractivity contribution in [3.8, 4) is 22.8 Å². The van der Waals surface area contributed by atoms with E-state index in [0.717, 1.165) is 47.1 Å². The summed E-state index contributed by atoms with van der Waals surface area (Å²) in [5.74, 6) is 2.11. The van der Waals surface area contributed by atoms with E-state index in [4.69, 9.17) is 9.72 Å². The molecule has 0 spiro atoms. The number of aromatic nitrogens is 3. The number of rotatable bonds is 8. The fourth-order valence-corrected chi connectivity index (χ4v) is 4.04. The Labute approximate surface area is 181 Å². The number of nitrogens with zero attached hydrogens (tertiary/aromatic N) is 3. The Morgan fingerprint density at radius 2 is 1.73 bits per heavy atom. The predicted molar refractivity (Wildman–Crippen MR) is 122 cm³/mol. The number of ether oxygens (including phenoxy) is 1.